The van der Waals surface area contributed by atoms with Crippen LogP contribution in [0.15, 0.2) is 73.3 Å². The van der Waals surface area contributed by atoms with Crippen molar-refractivity contribution < 1.29 is 13.5 Å². The highest BCUT2D eigenvalue weighted by Crippen LogP contribution is 2.26. The Morgan fingerprint density at radius 3 is 1.92 bits per heavy atom. The second-order valence-corrected chi connectivity index (χ2v) is 5.72. The van der Waals surface area contributed by atoms with Crippen molar-refractivity contribution in [2.75, 3.05) is 5.32 Å². The fourth-order valence-electron chi connectivity index (χ4n) is 2.27. The zero-order chi connectivity index (χ0) is 17.8. The van der Waals surface area contributed by atoms with Crippen LogP contribution in [0, 0.1) is 11.6 Å². The zero-order valence-corrected chi connectivity index (χ0v) is 13.9. The number of nitrogens with one attached hydrogen (secondary N) is 1. The molecule has 3 rings (SSSR count). The third-order valence-electron chi connectivity index (χ3n) is 3.46. The van der Waals surface area contributed by atoms with E-state index < -0.39 is 11.6 Å². The maximum atomic E-state index is 13.8. The van der Waals surface area contributed by atoms with Crippen LogP contribution in [0.3, 0.4) is 0 Å². The van der Waals surface area contributed by atoms with E-state index in [0.29, 0.717) is 22.2 Å². The second kappa shape index (κ2) is 7.36. The monoisotopic (exact) mass is 357 g/mol. The van der Waals surface area contributed by atoms with Crippen molar-refractivity contribution in [2.24, 2.45) is 0 Å². The highest BCUT2D eigenvalue weighted by Gasteiger charge is 2.12. The minimum absolute atomic E-state index is 0.141. The van der Waals surface area contributed by atoms with Gasteiger partial charge in [0.05, 0.1) is 5.56 Å². The summed E-state index contributed by atoms with van der Waals surface area (Å²) in [5, 5.41) is 3.52. The Bertz CT molecular complexity index is 872. The van der Waals surface area contributed by atoms with Crippen molar-refractivity contribution in [2.45, 2.75) is 0 Å². The summed E-state index contributed by atoms with van der Waals surface area (Å²) in [6.45, 7) is 3.71. The Kier molecular flexibility index (Phi) is 5.00. The lowest BCUT2D eigenvalue weighted by molar-refractivity contribution is 0.483. The van der Waals surface area contributed by atoms with Gasteiger partial charge < -0.3 is 10.1 Å². The Morgan fingerprint density at radius 1 is 0.840 bits per heavy atom. The minimum Gasteiger partial charge on any atom is -0.457 e. The summed E-state index contributed by atoms with van der Waals surface area (Å²) in [4.78, 5) is 0. The van der Waals surface area contributed by atoms with Crippen LogP contribution in [0.2, 0.25) is 5.02 Å². The SMILES string of the molecule is C=C(Nc1ccc(Oc2ccc(Cl)cc2)cc1)c1c(F)cccc1F. The summed E-state index contributed by atoms with van der Waals surface area (Å²) in [6.07, 6.45) is 0. The highest BCUT2D eigenvalue weighted by molar-refractivity contribution is 6.30. The molecule has 0 fully saturated rings. The fraction of sp³-hybridized carbons (Fsp3) is 0. The molecule has 0 amide bonds. The van der Waals surface area contributed by atoms with E-state index in [-0.39, 0.29) is 11.3 Å². The van der Waals surface area contributed by atoms with Crippen LogP contribution in [0.5, 0.6) is 11.5 Å². The van der Waals surface area contributed by atoms with Crippen LogP contribution in [-0.2, 0) is 0 Å². The number of benzene rings is 3. The maximum absolute atomic E-state index is 13.8. The molecule has 126 valence electrons. The molecule has 1 N–H and O–H groups in total. The first kappa shape index (κ1) is 17.0. The predicted octanol–water partition coefficient (Wildman–Crippen LogP) is 6.49. The quantitative estimate of drug-likeness (QED) is 0.563. The molecule has 0 unspecified atom stereocenters. The van der Waals surface area contributed by atoms with Crippen LogP contribution in [0.25, 0.3) is 5.70 Å². The smallest absolute Gasteiger partial charge is 0.135 e. The van der Waals surface area contributed by atoms with Crippen LogP contribution in [0.1, 0.15) is 5.56 Å². The first-order chi connectivity index (χ1) is 12.0. The lowest BCUT2D eigenvalue weighted by atomic mass is 10.1. The Balaban J connectivity index is 1.70. The molecular weight excluding hydrogens is 344 g/mol. The van der Waals surface area contributed by atoms with E-state index in [1.165, 1.54) is 18.2 Å². The third-order valence-corrected chi connectivity index (χ3v) is 3.72. The Hall–Kier alpha value is -2.85. The Labute approximate surface area is 149 Å². The summed E-state index contributed by atoms with van der Waals surface area (Å²) in [5.74, 6) is -0.0566. The van der Waals surface area contributed by atoms with Gasteiger partial charge in [0.1, 0.15) is 23.1 Å². The molecule has 0 saturated heterocycles. The molecule has 25 heavy (non-hydrogen) atoms. The van der Waals surface area contributed by atoms with Gasteiger partial charge in [-0.15, -0.1) is 0 Å². The van der Waals surface area contributed by atoms with Gasteiger partial charge >= 0.3 is 0 Å². The van der Waals surface area contributed by atoms with Crippen molar-refractivity contribution in [1.82, 2.24) is 0 Å². The van der Waals surface area contributed by atoms with Gasteiger partial charge in [0.15, 0.2) is 0 Å². The van der Waals surface area contributed by atoms with Gasteiger partial charge in [-0.1, -0.05) is 24.2 Å². The topological polar surface area (TPSA) is 21.3 Å². The number of hydrogen-bond acceptors (Lipinski definition) is 2. The van der Waals surface area contributed by atoms with Gasteiger partial charge in [0.2, 0.25) is 0 Å². The zero-order valence-electron chi connectivity index (χ0n) is 13.1. The van der Waals surface area contributed by atoms with Crippen molar-refractivity contribution >= 4 is 23.0 Å². The summed E-state index contributed by atoms with van der Waals surface area (Å²) in [5.41, 5.74) is 0.599. The fourth-order valence-corrected chi connectivity index (χ4v) is 2.39. The average Bonchev–Trinajstić information content (AvgIpc) is 2.58. The van der Waals surface area contributed by atoms with Gasteiger partial charge in [-0.3, -0.25) is 0 Å². The van der Waals surface area contributed by atoms with Crippen molar-refractivity contribution in [3.05, 3.63) is 95.5 Å². The van der Waals surface area contributed by atoms with Crippen LogP contribution in [0.4, 0.5) is 14.5 Å². The van der Waals surface area contributed by atoms with Crippen LogP contribution < -0.4 is 10.1 Å². The average molecular weight is 358 g/mol. The molecule has 0 aliphatic rings. The number of halogens is 3. The molecular formula is C20H14ClF2NO. The van der Waals surface area contributed by atoms with E-state index in [9.17, 15) is 8.78 Å². The molecule has 3 aromatic carbocycles. The second-order valence-electron chi connectivity index (χ2n) is 5.28. The summed E-state index contributed by atoms with van der Waals surface area (Å²) >= 11 is 5.83. The van der Waals surface area contributed by atoms with Crippen molar-refractivity contribution in [3.8, 4) is 11.5 Å². The van der Waals surface area contributed by atoms with Gasteiger partial charge in [0, 0.05) is 16.4 Å². The highest BCUT2D eigenvalue weighted by atomic mass is 35.5. The molecule has 2 nitrogen and oxygen atoms in total. The van der Waals surface area contributed by atoms with E-state index >= 15 is 0 Å². The third kappa shape index (κ3) is 4.17. The van der Waals surface area contributed by atoms with E-state index in [4.69, 9.17) is 16.3 Å². The van der Waals surface area contributed by atoms with Crippen molar-refractivity contribution in [1.29, 1.82) is 0 Å². The molecule has 3 aromatic rings. The molecule has 0 aliphatic heterocycles. The van der Waals surface area contributed by atoms with Crippen molar-refractivity contribution in [3.63, 3.8) is 0 Å². The molecule has 5 heteroatoms. The molecule has 0 radical (unpaired) electrons. The van der Waals surface area contributed by atoms with E-state index in [0.717, 1.165) is 0 Å². The van der Waals surface area contributed by atoms with E-state index in [1.807, 2.05) is 0 Å². The van der Waals surface area contributed by atoms with E-state index in [2.05, 4.69) is 11.9 Å². The molecule has 0 spiro atoms. The van der Waals surface area contributed by atoms with Gasteiger partial charge in [0.25, 0.3) is 0 Å². The molecule has 0 saturated carbocycles. The minimum atomic E-state index is -0.666. The summed E-state index contributed by atoms with van der Waals surface area (Å²) in [7, 11) is 0. The molecule has 0 heterocycles. The van der Waals surface area contributed by atoms with Gasteiger partial charge in [-0.05, 0) is 60.7 Å². The predicted molar refractivity (Wildman–Crippen MR) is 97.0 cm³/mol. The number of rotatable bonds is 5. The van der Waals surface area contributed by atoms with Crippen LogP contribution >= 0.6 is 11.6 Å². The first-order valence-corrected chi connectivity index (χ1v) is 7.84. The van der Waals surface area contributed by atoms with E-state index in [1.54, 1.807) is 48.5 Å². The molecule has 0 aliphatic carbocycles. The number of hydrogen-bond donors (Lipinski definition) is 1. The summed E-state index contributed by atoms with van der Waals surface area (Å²) in [6, 6.07) is 17.6. The summed E-state index contributed by atoms with van der Waals surface area (Å²) < 4.78 is 33.2. The largest absolute Gasteiger partial charge is 0.457 e. The molecule has 0 atom stereocenters. The normalized spacial score (nSPS) is 10.4. The van der Waals surface area contributed by atoms with Gasteiger partial charge in [-0.2, -0.15) is 0 Å². The Morgan fingerprint density at radius 2 is 1.36 bits per heavy atom. The van der Waals surface area contributed by atoms with Gasteiger partial charge in [-0.25, -0.2) is 8.78 Å². The maximum Gasteiger partial charge on any atom is 0.135 e. The standard InChI is InChI=1S/C20H14ClF2NO/c1-13(20-18(22)3-2-4-19(20)23)24-15-7-11-17(12-8-15)25-16-9-5-14(21)6-10-16/h2-12,24H,1H2. The molecule has 0 aromatic heterocycles. The first-order valence-electron chi connectivity index (χ1n) is 7.47. The molecule has 0 bridgehead atoms. The number of anilines is 1. The lowest BCUT2D eigenvalue weighted by Gasteiger charge is -2.12. The number of ether oxygens (including phenoxy) is 1. The lowest BCUT2D eigenvalue weighted by Crippen LogP contribution is -2.02. The van der Waals surface area contributed by atoms with Crippen LogP contribution in [-0.4, -0.2) is 0 Å².